The first kappa shape index (κ1) is 20.4. The second-order valence-electron chi connectivity index (χ2n) is 7.67. The zero-order valence-electron chi connectivity index (χ0n) is 15.6. The number of nitrogens with zero attached hydrogens (tertiary/aromatic N) is 2. The van der Waals surface area contributed by atoms with E-state index in [1.807, 2.05) is 20.8 Å². The van der Waals surface area contributed by atoms with E-state index in [0.29, 0.717) is 16.6 Å². The molecule has 0 aliphatic carbocycles. The number of carbonyl (C=O) groups excluding carboxylic acids is 1. The van der Waals surface area contributed by atoms with Crippen molar-refractivity contribution in [1.29, 1.82) is 0 Å². The van der Waals surface area contributed by atoms with Crippen LogP contribution in [0.1, 0.15) is 44.5 Å². The molecule has 5 nitrogen and oxygen atoms in total. The molecule has 1 aliphatic rings. The number of hydrogen-bond acceptors (Lipinski definition) is 4. The van der Waals surface area contributed by atoms with Gasteiger partial charge in [0.05, 0.1) is 17.3 Å². The number of alkyl halides is 3. The number of benzene rings is 1. The molecule has 0 bridgehead atoms. The van der Waals surface area contributed by atoms with E-state index < -0.39 is 11.7 Å². The van der Waals surface area contributed by atoms with Gasteiger partial charge in [0, 0.05) is 29.3 Å². The fraction of sp³-hybridized carbons (Fsp3) is 0.421. The SMILES string of the molecule is CC(C)(C)c1cc(=O)n2c(n1)SCC2CC(=O)Nc1ccc(C(F)(F)F)cc1. The number of halogens is 3. The Morgan fingerprint density at radius 3 is 2.46 bits per heavy atom. The molecule has 0 radical (unpaired) electrons. The molecule has 0 fully saturated rings. The monoisotopic (exact) mass is 411 g/mol. The second kappa shape index (κ2) is 7.27. The number of carbonyl (C=O) groups is 1. The summed E-state index contributed by atoms with van der Waals surface area (Å²) < 4.78 is 39.3. The van der Waals surface area contributed by atoms with Crippen molar-refractivity contribution in [2.24, 2.45) is 0 Å². The molecule has 28 heavy (non-hydrogen) atoms. The van der Waals surface area contributed by atoms with E-state index in [9.17, 15) is 22.8 Å². The third kappa shape index (κ3) is 4.40. The zero-order chi connectivity index (χ0) is 20.7. The normalized spacial score (nSPS) is 16.7. The number of rotatable bonds is 3. The van der Waals surface area contributed by atoms with Crippen LogP contribution in [0.3, 0.4) is 0 Å². The molecule has 0 saturated heterocycles. The van der Waals surface area contributed by atoms with Gasteiger partial charge in [-0.3, -0.25) is 14.2 Å². The lowest BCUT2D eigenvalue weighted by Gasteiger charge is -2.19. The van der Waals surface area contributed by atoms with Crippen LogP contribution in [0.25, 0.3) is 0 Å². The smallest absolute Gasteiger partial charge is 0.326 e. The summed E-state index contributed by atoms with van der Waals surface area (Å²) in [5.74, 6) is 0.168. The molecular formula is C19H20F3N3O2S. The largest absolute Gasteiger partial charge is 0.416 e. The Bertz CT molecular complexity index is 947. The molecule has 1 aromatic carbocycles. The summed E-state index contributed by atoms with van der Waals surface area (Å²) in [5, 5.41) is 3.17. The lowest BCUT2D eigenvalue weighted by atomic mass is 9.92. The predicted octanol–water partition coefficient (Wildman–Crippen LogP) is 4.24. The maximum atomic E-state index is 12.6. The maximum absolute atomic E-state index is 12.6. The highest BCUT2D eigenvalue weighted by Crippen LogP contribution is 2.34. The summed E-state index contributed by atoms with van der Waals surface area (Å²) in [6, 6.07) is 5.40. The fourth-order valence-corrected chi connectivity index (χ4v) is 4.01. The fourth-order valence-electron chi connectivity index (χ4n) is 2.86. The maximum Gasteiger partial charge on any atom is 0.416 e. The topological polar surface area (TPSA) is 64.0 Å². The van der Waals surface area contributed by atoms with E-state index in [0.717, 1.165) is 12.1 Å². The molecule has 1 N–H and O–H groups in total. The van der Waals surface area contributed by atoms with Crippen LogP contribution in [0.4, 0.5) is 18.9 Å². The first-order chi connectivity index (χ1) is 12.9. The summed E-state index contributed by atoms with van der Waals surface area (Å²) in [5.41, 5.74) is -0.262. The highest BCUT2D eigenvalue weighted by Gasteiger charge is 2.31. The standard InChI is InChI=1S/C19H20F3N3O2S/c1-18(2,3)14-9-16(27)25-13(10-28-17(25)24-14)8-15(26)23-12-6-4-11(5-7-12)19(20,21)22/h4-7,9,13H,8,10H2,1-3H3,(H,23,26). The van der Waals surface area contributed by atoms with E-state index >= 15 is 0 Å². The number of anilines is 1. The van der Waals surface area contributed by atoms with Crippen LogP contribution in [-0.4, -0.2) is 21.2 Å². The van der Waals surface area contributed by atoms with Crippen LogP contribution in [0.2, 0.25) is 0 Å². The average molecular weight is 411 g/mol. The third-order valence-corrected chi connectivity index (χ3v) is 5.47. The van der Waals surface area contributed by atoms with Gasteiger partial charge in [0.25, 0.3) is 5.56 Å². The average Bonchev–Trinajstić information content (AvgIpc) is 2.97. The molecule has 150 valence electrons. The lowest BCUT2D eigenvalue weighted by molar-refractivity contribution is -0.137. The zero-order valence-corrected chi connectivity index (χ0v) is 16.4. The Morgan fingerprint density at radius 1 is 1.25 bits per heavy atom. The van der Waals surface area contributed by atoms with Gasteiger partial charge < -0.3 is 5.32 Å². The Kier molecular flexibility index (Phi) is 5.31. The van der Waals surface area contributed by atoms with E-state index in [4.69, 9.17) is 0 Å². The number of fused-ring (bicyclic) bond motifs is 1. The minimum atomic E-state index is -4.42. The quantitative estimate of drug-likeness (QED) is 0.768. The summed E-state index contributed by atoms with van der Waals surface area (Å²) in [7, 11) is 0. The molecule has 9 heteroatoms. The van der Waals surface area contributed by atoms with Crippen molar-refractivity contribution in [3.8, 4) is 0 Å². The molecule has 0 spiro atoms. The summed E-state index contributed by atoms with van der Waals surface area (Å²) in [6.45, 7) is 5.92. The second-order valence-corrected chi connectivity index (χ2v) is 8.66. The van der Waals surface area contributed by atoms with Crippen LogP contribution in [0.15, 0.2) is 40.3 Å². The molecule has 2 aromatic rings. The van der Waals surface area contributed by atoms with Gasteiger partial charge in [-0.15, -0.1) is 0 Å². The molecule has 1 atom stereocenters. The Hall–Kier alpha value is -2.29. The van der Waals surface area contributed by atoms with Crippen molar-refractivity contribution in [3.05, 3.63) is 51.9 Å². The Labute approximate surface area is 164 Å². The Balaban J connectivity index is 1.71. The van der Waals surface area contributed by atoms with Crippen molar-refractivity contribution in [3.63, 3.8) is 0 Å². The summed E-state index contributed by atoms with van der Waals surface area (Å²) in [6.07, 6.45) is -4.38. The lowest BCUT2D eigenvalue weighted by Crippen LogP contribution is -2.29. The summed E-state index contributed by atoms with van der Waals surface area (Å²) in [4.78, 5) is 29.4. The minimum absolute atomic E-state index is 0.0392. The van der Waals surface area contributed by atoms with Crippen LogP contribution in [0.5, 0.6) is 0 Å². The van der Waals surface area contributed by atoms with Gasteiger partial charge in [-0.05, 0) is 24.3 Å². The first-order valence-electron chi connectivity index (χ1n) is 8.69. The van der Waals surface area contributed by atoms with Gasteiger partial charge in [-0.2, -0.15) is 13.2 Å². The van der Waals surface area contributed by atoms with E-state index in [2.05, 4.69) is 10.3 Å². The van der Waals surface area contributed by atoms with E-state index in [-0.39, 0.29) is 35.0 Å². The van der Waals surface area contributed by atoms with Gasteiger partial charge in [0.1, 0.15) is 0 Å². The Morgan fingerprint density at radius 2 is 1.89 bits per heavy atom. The van der Waals surface area contributed by atoms with Gasteiger partial charge in [0.2, 0.25) is 5.91 Å². The molecule has 1 aromatic heterocycles. The minimum Gasteiger partial charge on any atom is -0.326 e. The van der Waals surface area contributed by atoms with Gasteiger partial charge in [0.15, 0.2) is 5.16 Å². The highest BCUT2D eigenvalue weighted by atomic mass is 32.2. The van der Waals surface area contributed by atoms with E-state index in [1.165, 1.54) is 34.5 Å². The van der Waals surface area contributed by atoms with Crippen molar-refractivity contribution in [2.45, 2.75) is 50.0 Å². The van der Waals surface area contributed by atoms with Gasteiger partial charge in [-0.1, -0.05) is 32.5 Å². The van der Waals surface area contributed by atoms with Crippen LogP contribution >= 0.6 is 11.8 Å². The van der Waals surface area contributed by atoms with Crippen LogP contribution in [-0.2, 0) is 16.4 Å². The highest BCUT2D eigenvalue weighted by molar-refractivity contribution is 7.99. The van der Waals surface area contributed by atoms with Crippen molar-refractivity contribution >= 4 is 23.4 Å². The molecule has 1 unspecified atom stereocenters. The number of nitrogens with one attached hydrogen (secondary N) is 1. The van der Waals surface area contributed by atoms with Gasteiger partial charge in [-0.25, -0.2) is 4.98 Å². The summed E-state index contributed by atoms with van der Waals surface area (Å²) >= 11 is 1.42. The van der Waals surface area contributed by atoms with E-state index in [1.54, 1.807) is 0 Å². The van der Waals surface area contributed by atoms with Crippen molar-refractivity contribution in [1.82, 2.24) is 9.55 Å². The van der Waals surface area contributed by atoms with Gasteiger partial charge >= 0.3 is 6.18 Å². The molecule has 3 rings (SSSR count). The number of hydrogen-bond donors (Lipinski definition) is 1. The molecule has 1 amide bonds. The van der Waals surface area contributed by atoms with Crippen molar-refractivity contribution < 1.29 is 18.0 Å². The van der Waals surface area contributed by atoms with Crippen LogP contribution < -0.4 is 10.9 Å². The number of amides is 1. The third-order valence-electron chi connectivity index (χ3n) is 4.38. The number of aromatic nitrogens is 2. The molecule has 0 saturated carbocycles. The van der Waals surface area contributed by atoms with Crippen LogP contribution in [0, 0.1) is 0 Å². The predicted molar refractivity (Wildman–Crippen MR) is 102 cm³/mol. The molecular weight excluding hydrogens is 391 g/mol. The molecule has 1 aliphatic heterocycles. The number of thioether (sulfide) groups is 1. The van der Waals surface area contributed by atoms with Crippen molar-refractivity contribution in [2.75, 3.05) is 11.1 Å². The molecule has 2 heterocycles. The first-order valence-corrected chi connectivity index (χ1v) is 9.67.